The molecule has 166 valence electrons. The van der Waals surface area contributed by atoms with Crippen LogP contribution < -0.4 is 4.72 Å². The van der Waals surface area contributed by atoms with Gasteiger partial charge in [-0.3, -0.25) is 9.62 Å². The summed E-state index contributed by atoms with van der Waals surface area (Å²) in [6, 6.07) is 15.7. The summed E-state index contributed by atoms with van der Waals surface area (Å²) in [6.07, 6.45) is 1.04. The zero-order valence-corrected chi connectivity index (χ0v) is 19.6. The number of hydrogen-bond donors (Lipinski definition) is 1. The highest BCUT2D eigenvalue weighted by molar-refractivity contribution is 7.92. The molecule has 0 spiro atoms. The lowest BCUT2D eigenvalue weighted by Crippen LogP contribution is -2.36. The molecule has 0 bridgehead atoms. The highest BCUT2D eigenvalue weighted by Gasteiger charge is 2.30. The summed E-state index contributed by atoms with van der Waals surface area (Å²) in [5.41, 5.74) is 1.47. The first-order valence-electron chi connectivity index (χ1n) is 9.12. The van der Waals surface area contributed by atoms with Crippen molar-refractivity contribution in [2.45, 2.75) is 16.8 Å². The minimum Gasteiger partial charge on any atom is -0.296 e. The number of halogens is 2. The van der Waals surface area contributed by atoms with Crippen LogP contribution in [0.2, 0.25) is 0 Å². The van der Waals surface area contributed by atoms with Gasteiger partial charge in [-0.2, -0.15) is 4.31 Å². The molecule has 3 rings (SSSR count). The van der Waals surface area contributed by atoms with E-state index in [2.05, 4.69) is 9.62 Å². The third-order valence-corrected chi connectivity index (χ3v) is 7.33. The summed E-state index contributed by atoms with van der Waals surface area (Å²) < 4.78 is 52.5. The molecule has 0 radical (unpaired) electrons. The van der Waals surface area contributed by atoms with Gasteiger partial charge in [-0.15, -0.1) is 24.0 Å². The monoisotopic (exact) mass is 493 g/mol. The lowest BCUT2D eigenvalue weighted by Gasteiger charge is -2.21. The van der Waals surface area contributed by atoms with Gasteiger partial charge in [0.2, 0.25) is 20.0 Å². The topological polar surface area (TPSA) is 86.8 Å². The van der Waals surface area contributed by atoms with Gasteiger partial charge in [0.05, 0.1) is 16.5 Å². The molecule has 7 nitrogen and oxygen atoms in total. The van der Waals surface area contributed by atoms with Gasteiger partial charge < -0.3 is 0 Å². The van der Waals surface area contributed by atoms with Gasteiger partial charge in [-0.25, -0.2) is 16.8 Å². The molecule has 1 atom stereocenters. The van der Waals surface area contributed by atoms with Crippen molar-refractivity contribution in [1.82, 2.24) is 9.21 Å². The van der Waals surface area contributed by atoms with E-state index in [1.807, 2.05) is 30.3 Å². The van der Waals surface area contributed by atoms with Crippen LogP contribution in [0.25, 0.3) is 0 Å². The van der Waals surface area contributed by atoms with Crippen LogP contribution in [0, 0.1) is 0 Å². The molecule has 1 saturated heterocycles. The van der Waals surface area contributed by atoms with Crippen LogP contribution in [0.3, 0.4) is 0 Å². The Hall–Kier alpha value is -1.36. The lowest BCUT2D eigenvalue weighted by molar-refractivity contribution is 0.280. The lowest BCUT2D eigenvalue weighted by atomic mass is 10.2. The van der Waals surface area contributed by atoms with Gasteiger partial charge in [0.1, 0.15) is 0 Å². The Morgan fingerprint density at radius 2 is 1.60 bits per heavy atom. The molecule has 1 N–H and O–H groups in total. The van der Waals surface area contributed by atoms with Crippen LogP contribution in [0.5, 0.6) is 0 Å². The first kappa shape index (κ1) is 24.9. The first-order chi connectivity index (χ1) is 13.6. The maximum Gasteiger partial charge on any atom is 0.243 e. The molecule has 0 aliphatic carbocycles. The third kappa shape index (κ3) is 6.83. The number of hydrogen-bond acceptors (Lipinski definition) is 5. The van der Waals surface area contributed by atoms with Crippen molar-refractivity contribution in [2.75, 3.05) is 37.2 Å². The predicted molar refractivity (Wildman–Crippen MR) is 122 cm³/mol. The molecule has 0 aromatic heterocycles. The molecular formula is C19H25Cl2N3O4S2. The van der Waals surface area contributed by atoms with Gasteiger partial charge in [0.15, 0.2) is 0 Å². The summed E-state index contributed by atoms with van der Waals surface area (Å²) in [7, 11) is -7.15. The Kier molecular flexibility index (Phi) is 8.55. The number of alkyl halides is 1. The molecule has 11 heteroatoms. The van der Waals surface area contributed by atoms with Crippen LogP contribution in [-0.2, 0) is 26.6 Å². The number of benzene rings is 2. The number of nitrogens with zero attached hydrogens (tertiary/aromatic N) is 2. The van der Waals surface area contributed by atoms with Gasteiger partial charge in [-0.1, -0.05) is 30.3 Å². The van der Waals surface area contributed by atoms with Crippen molar-refractivity contribution in [3.05, 3.63) is 60.2 Å². The number of sulfonamides is 2. The molecule has 1 fully saturated rings. The largest absolute Gasteiger partial charge is 0.296 e. The van der Waals surface area contributed by atoms with E-state index < -0.39 is 20.0 Å². The fourth-order valence-electron chi connectivity index (χ4n) is 3.26. The van der Waals surface area contributed by atoms with Crippen molar-refractivity contribution < 1.29 is 16.8 Å². The van der Waals surface area contributed by atoms with Gasteiger partial charge >= 0.3 is 0 Å². The summed E-state index contributed by atoms with van der Waals surface area (Å²) >= 11 is 6.44. The summed E-state index contributed by atoms with van der Waals surface area (Å²) in [4.78, 5) is 2.26. The second kappa shape index (κ2) is 10.3. The molecular weight excluding hydrogens is 469 g/mol. The molecule has 1 unspecified atom stereocenters. The Balaban J connectivity index is 0.00000320. The summed E-state index contributed by atoms with van der Waals surface area (Å²) in [5, 5.41) is -0.331. The van der Waals surface area contributed by atoms with E-state index >= 15 is 0 Å². The highest BCUT2D eigenvalue weighted by atomic mass is 35.5. The Morgan fingerprint density at radius 1 is 0.967 bits per heavy atom. The summed E-state index contributed by atoms with van der Waals surface area (Å²) in [6.45, 7) is 2.44. The van der Waals surface area contributed by atoms with Crippen molar-refractivity contribution in [3.8, 4) is 0 Å². The van der Waals surface area contributed by atoms with Crippen molar-refractivity contribution >= 4 is 49.7 Å². The molecule has 1 heterocycles. The second-order valence-corrected chi connectivity index (χ2v) is 11.4. The van der Waals surface area contributed by atoms with E-state index in [9.17, 15) is 16.8 Å². The normalized spacial score (nSPS) is 18.9. The zero-order chi connectivity index (χ0) is 21.1. The van der Waals surface area contributed by atoms with Crippen LogP contribution in [-0.4, -0.2) is 63.9 Å². The zero-order valence-electron chi connectivity index (χ0n) is 16.4. The summed E-state index contributed by atoms with van der Waals surface area (Å²) in [5.74, 6) is 0. The molecule has 30 heavy (non-hydrogen) atoms. The van der Waals surface area contributed by atoms with Gasteiger partial charge in [0.25, 0.3) is 0 Å². The average Bonchev–Trinajstić information content (AvgIpc) is 2.83. The quantitative estimate of drug-likeness (QED) is 0.624. The minimum absolute atomic E-state index is 0. The number of nitrogens with one attached hydrogen (secondary N) is 1. The van der Waals surface area contributed by atoms with E-state index in [0.717, 1.165) is 11.8 Å². The van der Waals surface area contributed by atoms with E-state index in [4.69, 9.17) is 11.6 Å². The molecule has 1 aliphatic heterocycles. The van der Waals surface area contributed by atoms with Gasteiger partial charge in [-0.05, 0) is 29.8 Å². The molecule has 0 amide bonds. The van der Waals surface area contributed by atoms with E-state index in [0.29, 0.717) is 31.9 Å². The Bertz CT molecular complexity index is 1030. The standard InChI is InChI=1S/C19H24ClN3O4S2.ClH/c1-28(24,25)21-18-7-9-19(10-8-18)29(26,27)23-12-11-22(14-17(20)15-23)13-16-5-3-2-4-6-16;/h2-10,17,21H,11-15H2,1H3;1H. The van der Waals surface area contributed by atoms with Crippen molar-refractivity contribution in [2.24, 2.45) is 0 Å². The van der Waals surface area contributed by atoms with Crippen LogP contribution in [0.1, 0.15) is 5.56 Å². The van der Waals surface area contributed by atoms with E-state index in [1.165, 1.54) is 28.6 Å². The molecule has 2 aromatic rings. The van der Waals surface area contributed by atoms with Crippen molar-refractivity contribution in [1.29, 1.82) is 0 Å². The maximum absolute atomic E-state index is 13.1. The Morgan fingerprint density at radius 3 is 2.20 bits per heavy atom. The number of anilines is 1. The smallest absolute Gasteiger partial charge is 0.243 e. The van der Waals surface area contributed by atoms with Crippen molar-refractivity contribution in [3.63, 3.8) is 0 Å². The fourth-order valence-corrected chi connectivity index (χ4v) is 5.74. The third-order valence-electron chi connectivity index (χ3n) is 4.57. The molecule has 0 saturated carbocycles. The SMILES string of the molecule is CS(=O)(=O)Nc1ccc(S(=O)(=O)N2CCN(Cc3ccccc3)CC(Cl)C2)cc1.Cl. The van der Waals surface area contributed by atoms with Crippen LogP contribution in [0.15, 0.2) is 59.5 Å². The van der Waals surface area contributed by atoms with Crippen LogP contribution >= 0.6 is 24.0 Å². The molecule has 1 aliphatic rings. The van der Waals surface area contributed by atoms with E-state index in [-0.39, 0.29) is 29.2 Å². The fraction of sp³-hybridized carbons (Fsp3) is 0.368. The molecule has 2 aromatic carbocycles. The average molecular weight is 494 g/mol. The van der Waals surface area contributed by atoms with Gasteiger partial charge in [0, 0.05) is 38.4 Å². The maximum atomic E-state index is 13.1. The number of rotatable bonds is 6. The van der Waals surface area contributed by atoms with E-state index in [1.54, 1.807) is 0 Å². The second-order valence-electron chi connectivity index (χ2n) is 7.08. The highest BCUT2D eigenvalue weighted by Crippen LogP contribution is 2.22. The minimum atomic E-state index is -3.73. The Labute approximate surface area is 189 Å². The van der Waals surface area contributed by atoms with Crippen LogP contribution in [0.4, 0.5) is 5.69 Å². The predicted octanol–water partition coefficient (Wildman–Crippen LogP) is 2.59. The first-order valence-corrected chi connectivity index (χ1v) is 12.9.